The summed E-state index contributed by atoms with van der Waals surface area (Å²) in [4.78, 5) is 4.51. The minimum absolute atomic E-state index is 0.450. The van der Waals surface area contributed by atoms with Crippen molar-refractivity contribution in [2.75, 3.05) is 11.9 Å². The number of hydrogen-bond acceptors (Lipinski definition) is 4. The van der Waals surface area contributed by atoms with E-state index < -0.39 is 0 Å². The summed E-state index contributed by atoms with van der Waals surface area (Å²) in [7, 11) is 0. The Balaban J connectivity index is 1.59. The number of nitrogens with one attached hydrogen (secondary N) is 1. The number of aryl methyl sites for hydroxylation is 1. The van der Waals surface area contributed by atoms with Gasteiger partial charge in [0.25, 0.3) is 0 Å². The van der Waals surface area contributed by atoms with Crippen molar-refractivity contribution in [3.63, 3.8) is 0 Å². The molecule has 1 N–H and O–H groups in total. The van der Waals surface area contributed by atoms with Crippen molar-refractivity contribution < 1.29 is 4.42 Å². The van der Waals surface area contributed by atoms with Gasteiger partial charge in [-0.3, -0.25) is 0 Å². The lowest BCUT2D eigenvalue weighted by molar-refractivity contribution is 0.572. The Labute approximate surface area is 145 Å². The van der Waals surface area contributed by atoms with E-state index in [4.69, 9.17) is 21.3 Å². The molecule has 0 aliphatic rings. The lowest BCUT2D eigenvalue weighted by Crippen LogP contribution is -2.05. The van der Waals surface area contributed by atoms with Crippen LogP contribution < -0.4 is 5.32 Å². The second kappa shape index (κ2) is 7.20. The molecule has 0 radical (unpaired) electrons. The molecule has 0 saturated heterocycles. The molecule has 0 saturated carbocycles. The number of nitrogens with zero attached hydrogens (tertiary/aromatic N) is 2. The van der Waals surface area contributed by atoms with Crippen LogP contribution in [0.3, 0.4) is 0 Å². The molecule has 1 aromatic heterocycles. The Morgan fingerprint density at radius 3 is 2.71 bits per heavy atom. The van der Waals surface area contributed by atoms with E-state index in [-0.39, 0.29) is 0 Å². The summed E-state index contributed by atoms with van der Waals surface area (Å²) >= 11 is 6.02. The first-order valence-corrected chi connectivity index (χ1v) is 7.98. The molecule has 0 aliphatic carbocycles. The van der Waals surface area contributed by atoms with Gasteiger partial charge in [0.15, 0.2) is 0 Å². The van der Waals surface area contributed by atoms with Crippen LogP contribution >= 0.6 is 11.6 Å². The van der Waals surface area contributed by atoms with Gasteiger partial charge in [-0.05, 0) is 37.3 Å². The Bertz CT molecular complexity index is 878. The third-order valence-electron chi connectivity index (χ3n) is 3.65. The van der Waals surface area contributed by atoms with Crippen molar-refractivity contribution in [2.45, 2.75) is 13.3 Å². The van der Waals surface area contributed by atoms with Crippen LogP contribution in [-0.4, -0.2) is 11.5 Å². The summed E-state index contributed by atoms with van der Waals surface area (Å²) in [6.07, 6.45) is 2.41. The molecule has 1 heterocycles. The van der Waals surface area contributed by atoms with Gasteiger partial charge in [-0.25, -0.2) is 4.98 Å². The molecule has 0 bridgehead atoms. The number of nitriles is 1. The molecule has 0 atom stereocenters. The molecule has 0 aliphatic heterocycles. The van der Waals surface area contributed by atoms with E-state index in [1.165, 1.54) is 5.56 Å². The summed E-state index contributed by atoms with van der Waals surface area (Å²) in [5.74, 6) is 0.631. The van der Waals surface area contributed by atoms with Crippen LogP contribution in [0.1, 0.15) is 16.8 Å². The van der Waals surface area contributed by atoms with Gasteiger partial charge in [0.1, 0.15) is 12.3 Å². The molecule has 4 nitrogen and oxygen atoms in total. The fourth-order valence-corrected chi connectivity index (χ4v) is 2.52. The molecular formula is C19H16ClN3O. The Morgan fingerprint density at radius 1 is 1.21 bits per heavy atom. The number of oxazole rings is 1. The van der Waals surface area contributed by atoms with E-state index in [1.54, 1.807) is 18.4 Å². The molecule has 0 unspecified atom stereocenters. The van der Waals surface area contributed by atoms with Crippen molar-refractivity contribution in [1.82, 2.24) is 4.98 Å². The van der Waals surface area contributed by atoms with Crippen molar-refractivity contribution in [3.8, 4) is 17.5 Å². The van der Waals surface area contributed by atoms with Gasteiger partial charge < -0.3 is 9.73 Å². The highest BCUT2D eigenvalue weighted by Gasteiger charge is 2.07. The molecule has 5 heteroatoms. The van der Waals surface area contributed by atoms with Crippen molar-refractivity contribution in [3.05, 3.63) is 70.6 Å². The van der Waals surface area contributed by atoms with Gasteiger partial charge in [0.2, 0.25) is 5.89 Å². The second-order valence-corrected chi connectivity index (χ2v) is 5.90. The van der Waals surface area contributed by atoms with Gasteiger partial charge in [0.05, 0.1) is 16.3 Å². The fourth-order valence-electron chi connectivity index (χ4n) is 2.30. The fraction of sp³-hybridized carbons (Fsp3) is 0.158. The summed E-state index contributed by atoms with van der Waals surface area (Å²) in [5, 5.41) is 12.6. The predicted octanol–water partition coefficient (Wildman–Crippen LogP) is 4.83. The third kappa shape index (κ3) is 3.76. The van der Waals surface area contributed by atoms with E-state index in [1.807, 2.05) is 43.3 Å². The van der Waals surface area contributed by atoms with Gasteiger partial charge in [0, 0.05) is 24.2 Å². The third-order valence-corrected chi connectivity index (χ3v) is 3.96. The number of anilines is 1. The quantitative estimate of drug-likeness (QED) is 0.724. The highest BCUT2D eigenvalue weighted by atomic mass is 35.5. The lowest BCUT2D eigenvalue weighted by Gasteiger charge is -2.06. The molecule has 3 aromatic rings. The van der Waals surface area contributed by atoms with Crippen LogP contribution in [0.5, 0.6) is 0 Å². The first-order valence-electron chi connectivity index (χ1n) is 7.60. The molecule has 2 aromatic carbocycles. The first kappa shape index (κ1) is 16.1. The van der Waals surface area contributed by atoms with E-state index in [0.29, 0.717) is 23.0 Å². The molecule has 24 heavy (non-hydrogen) atoms. The average molecular weight is 338 g/mol. The summed E-state index contributed by atoms with van der Waals surface area (Å²) < 4.78 is 5.55. The number of rotatable bonds is 5. The van der Waals surface area contributed by atoms with Gasteiger partial charge in [-0.15, -0.1) is 0 Å². The second-order valence-electron chi connectivity index (χ2n) is 5.49. The lowest BCUT2D eigenvalue weighted by atomic mass is 10.1. The summed E-state index contributed by atoms with van der Waals surface area (Å²) in [6.45, 7) is 2.74. The topological polar surface area (TPSA) is 61.9 Å². The summed E-state index contributed by atoms with van der Waals surface area (Å²) in [6, 6.07) is 15.4. The van der Waals surface area contributed by atoms with Crippen LogP contribution in [0.25, 0.3) is 11.5 Å². The maximum atomic E-state index is 8.87. The van der Waals surface area contributed by atoms with Crippen LogP contribution in [0, 0.1) is 18.3 Å². The zero-order chi connectivity index (χ0) is 16.9. The molecule has 0 amide bonds. The number of hydrogen-bond donors (Lipinski definition) is 1. The van der Waals surface area contributed by atoms with Gasteiger partial charge in [-0.1, -0.05) is 29.3 Å². The normalized spacial score (nSPS) is 10.4. The highest BCUT2D eigenvalue weighted by Crippen LogP contribution is 2.21. The zero-order valence-electron chi connectivity index (χ0n) is 13.2. The smallest absolute Gasteiger partial charge is 0.226 e. The molecule has 120 valence electrons. The van der Waals surface area contributed by atoms with E-state index in [0.717, 1.165) is 23.4 Å². The predicted molar refractivity (Wildman–Crippen MR) is 95.0 cm³/mol. The Kier molecular flexibility index (Phi) is 4.83. The average Bonchev–Trinajstić information content (AvgIpc) is 3.04. The largest absolute Gasteiger partial charge is 0.444 e. The van der Waals surface area contributed by atoms with E-state index >= 15 is 0 Å². The minimum atomic E-state index is 0.450. The zero-order valence-corrected chi connectivity index (χ0v) is 14.0. The van der Waals surface area contributed by atoms with Crippen molar-refractivity contribution in [1.29, 1.82) is 5.26 Å². The van der Waals surface area contributed by atoms with E-state index in [2.05, 4.69) is 10.3 Å². The minimum Gasteiger partial charge on any atom is -0.444 e. The number of aromatic nitrogens is 1. The van der Waals surface area contributed by atoms with Crippen LogP contribution in [0.15, 0.2) is 53.1 Å². The highest BCUT2D eigenvalue weighted by molar-refractivity contribution is 6.32. The SMILES string of the molecule is Cc1ccc(-c2nc(CCNc3ccc(C#N)c(Cl)c3)co2)cc1. The number of halogens is 1. The molecular weight excluding hydrogens is 322 g/mol. The van der Waals surface area contributed by atoms with Gasteiger partial charge in [-0.2, -0.15) is 5.26 Å². The standard InChI is InChI=1S/C19H16ClN3O/c1-13-2-4-14(5-3-13)19-23-17(12-24-19)8-9-22-16-7-6-15(11-21)18(20)10-16/h2-7,10,12,22H,8-9H2,1H3. The molecule has 0 spiro atoms. The maximum absolute atomic E-state index is 8.87. The van der Waals surface area contributed by atoms with Crippen molar-refractivity contribution in [2.24, 2.45) is 0 Å². The molecule has 0 fully saturated rings. The Hall–Kier alpha value is -2.77. The van der Waals surface area contributed by atoms with Gasteiger partial charge >= 0.3 is 0 Å². The number of benzene rings is 2. The Morgan fingerprint density at radius 2 is 2.00 bits per heavy atom. The van der Waals surface area contributed by atoms with Crippen LogP contribution in [0.2, 0.25) is 5.02 Å². The first-order chi connectivity index (χ1) is 11.7. The van der Waals surface area contributed by atoms with Crippen LogP contribution in [-0.2, 0) is 6.42 Å². The van der Waals surface area contributed by atoms with Crippen LogP contribution in [0.4, 0.5) is 5.69 Å². The van der Waals surface area contributed by atoms with E-state index in [9.17, 15) is 0 Å². The maximum Gasteiger partial charge on any atom is 0.226 e. The van der Waals surface area contributed by atoms with Crippen molar-refractivity contribution >= 4 is 17.3 Å². The molecule has 3 rings (SSSR count). The monoisotopic (exact) mass is 337 g/mol. The summed E-state index contributed by atoms with van der Waals surface area (Å²) in [5.41, 5.74) is 4.41.